The second-order valence-corrected chi connectivity index (χ2v) is 5.53. The first-order chi connectivity index (χ1) is 12.5. The summed E-state index contributed by atoms with van der Waals surface area (Å²) in [5.74, 6) is -1.27. The Morgan fingerprint density at radius 2 is 1.85 bits per heavy atom. The summed E-state index contributed by atoms with van der Waals surface area (Å²) >= 11 is 5.98. The first kappa shape index (κ1) is 19.1. The van der Waals surface area contributed by atoms with Crippen LogP contribution in [0.25, 0.3) is 6.08 Å². The second-order valence-electron chi connectivity index (χ2n) is 5.13. The van der Waals surface area contributed by atoms with Gasteiger partial charge in [-0.15, -0.1) is 0 Å². The molecule has 2 aromatic rings. The van der Waals surface area contributed by atoms with Gasteiger partial charge in [-0.3, -0.25) is 14.9 Å². The summed E-state index contributed by atoms with van der Waals surface area (Å²) in [6.07, 6.45) is 2.30. The van der Waals surface area contributed by atoms with Crippen molar-refractivity contribution in [3.8, 4) is 0 Å². The third kappa shape index (κ3) is 5.71. The van der Waals surface area contributed by atoms with Gasteiger partial charge in [-0.05, 0) is 23.8 Å². The molecule has 0 radical (unpaired) electrons. The number of ether oxygens (including phenoxy) is 1. The highest BCUT2D eigenvalue weighted by Crippen LogP contribution is 2.19. The van der Waals surface area contributed by atoms with Crippen LogP contribution in [0.5, 0.6) is 0 Å². The number of nitrogens with zero attached hydrogens (tertiary/aromatic N) is 1. The normalized spacial score (nSPS) is 10.5. The van der Waals surface area contributed by atoms with Crippen LogP contribution in [0.15, 0.2) is 54.6 Å². The number of nitrogens with one attached hydrogen (secondary N) is 1. The summed E-state index contributed by atoms with van der Waals surface area (Å²) in [6.45, 7) is -0.257. The molecule has 0 saturated heterocycles. The summed E-state index contributed by atoms with van der Waals surface area (Å²) in [7, 11) is 0. The maximum Gasteiger partial charge on any atom is 0.331 e. The number of hydrogen-bond acceptors (Lipinski definition) is 5. The maximum atomic E-state index is 11.7. The number of hydrogen-bond donors (Lipinski definition) is 1. The standard InChI is InChI=1S/C18H15ClN2O5/c19-15-7-3-1-6-14(15)11-20-17(22)12-26-18(23)10-9-13-5-2-4-8-16(13)21(24)25/h1-10H,11-12H2,(H,20,22)/b10-9+. The van der Waals surface area contributed by atoms with E-state index < -0.39 is 23.4 Å². The van der Waals surface area contributed by atoms with Crippen molar-refractivity contribution in [2.24, 2.45) is 0 Å². The van der Waals surface area contributed by atoms with Crippen LogP contribution >= 0.6 is 11.6 Å². The van der Waals surface area contributed by atoms with Gasteiger partial charge >= 0.3 is 5.97 Å². The average molecular weight is 375 g/mol. The van der Waals surface area contributed by atoms with Gasteiger partial charge in [-0.2, -0.15) is 0 Å². The van der Waals surface area contributed by atoms with Gasteiger partial charge in [0, 0.05) is 23.7 Å². The Bertz CT molecular complexity index is 851. The summed E-state index contributed by atoms with van der Waals surface area (Å²) < 4.78 is 4.80. The molecular formula is C18H15ClN2O5. The lowest BCUT2D eigenvalue weighted by atomic mass is 10.1. The smallest absolute Gasteiger partial charge is 0.331 e. The van der Waals surface area contributed by atoms with E-state index in [1.165, 1.54) is 24.3 Å². The zero-order chi connectivity index (χ0) is 18.9. The Balaban J connectivity index is 1.82. The summed E-state index contributed by atoms with van der Waals surface area (Å²) in [4.78, 5) is 33.7. The Labute approximate surface area is 154 Å². The van der Waals surface area contributed by atoms with Crippen LogP contribution in [0.2, 0.25) is 5.02 Å². The molecule has 0 heterocycles. The monoisotopic (exact) mass is 374 g/mol. The quantitative estimate of drug-likeness (QED) is 0.347. The van der Waals surface area contributed by atoms with E-state index in [1.54, 1.807) is 30.3 Å². The largest absolute Gasteiger partial charge is 0.452 e. The zero-order valence-corrected chi connectivity index (χ0v) is 14.3. The van der Waals surface area contributed by atoms with Gasteiger partial charge in [0.15, 0.2) is 6.61 Å². The van der Waals surface area contributed by atoms with Crippen LogP contribution in [0, 0.1) is 10.1 Å². The molecule has 1 amide bonds. The molecule has 0 saturated carbocycles. The summed E-state index contributed by atoms with van der Waals surface area (Å²) in [5, 5.41) is 14.0. The lowest BCUT2D eigenvalue weighted by Crippen LogP contribution is -2.28. The van der Waals surface area contributed by atoms with E-state index in [-0.39, 0.29) is 17.8 Å². The van der Waals surface area contributed by atoms with Gasteiger partial charge in [0.25, 0.3) is 11.6 Å². The molecule has 0 fully saturated rings. The molecule has 0 aliphatic heterocycles. The average Bonchev–Trinajstić information content (AvgIpc) is 2.64. The summed E-state index contributed by atoms with van der Waals surface area (Å²) in [5.41, 5.74) is 0.872. The number of carbonyl (C=O) groups is 2. The van der Waals surface area contributed by atoms with Crippen molar-refractivity contribution >= 4 is 35.2 Å². The predicted octanol–water partition coefficient (Wildman–Crippen LogP) is 3.12. The number of para-hydroxylation sites is 1. The highest BCUT2D eigenvalue weighted by atomic mass is 35.5. The molecule has 0 aliphatic carbocycles. The van der Waals surface area contributed by atoms with Crippen LogP contribution in [0.4, 0.5) is 5.69 Å². The highest BCUT2D eigenvalue weighted by molar-refractivity contribution is 6.31. The van der Waals surface area contributed by atoms with Crippen LogP contribution in [-0.4, -0.2) is 23.4 Å². The van der Waals surface area contributed by atoms with Crippen LogP contribution < -0.4 is 5.32 Å². The molecule has 8 heteroatoms. The third-order valence-electron chi connectivity index (χ3n) is 3.31. The number of carbonyl (C=O) groups excluding carboxylic acids is 2. The SMILES string of the molecule is O=C(COC(=O)/C=C/c1ccccc1[N+](=O)[O-])NCc1ccccc1Cl. The molecule has 0 unspecified atom stereocenters. The minimum absolute atomic E-state index is 0.131. The number of nitro benzene ring substituents is 1. The first-order valence-electron chi connectivity index (χ1n) is 7.55. The minimum Gasteiger partial charge on any atom is -0.452 e. The Morgan fingerprint density at radius 1 is 1.15 bits per heavy atom. The van der Waals surface area contributed by atoms with Crippen molar-refractivity contribution in [1.82, 2.24) is 5.32 Å². The van der Waals surface area contributed by atoms with E-state index in [0.717, 1.165) is 11.6 Å². The van der Waals surface area contributed by atoms with Gasteiger partial charge in [0.2, 0.25) is 0 Å². The molecule has 0 aromatic heterocycles. The predicted molar refractivity (Wildman–Crippen MR) is 96.4 cm³/mol. The lowest BCUT2D eigenvalue weighted by molar-refractivity contribution is -0.385. The van der Waals surface area contributed by atoms with E-state index in [0.29, 0.717) is 5.02 Å². The van der Waals surface area contributed by atoms with E-state index >= 15 is 0 Å². The molecule has 0 atom stereocenters. The third-order valence-corrected chi connectivity index (χ3v) is 3.68. The topological polar surface area (TPSA) is 98.5 Å². The van der Waals surface area contributed by atoms with Crippen LogP contribution in [-0.2, 0) is 20.9 Å². The first-order valence-corrected chi connectivity index (χ1v) is 7.93. The van der Waals surface area contributed by atoms with E-state index in [2.05, 4.69) is 5.32 Å². The molecular weight excluding hydrogens is 360 g/mol. The fourth-order valence-corrected chi connectivity index (χ4v) is 2.23. The molecule has 0 bridgehead atoms. The van der Waals surface area contributed by atoms with Crippen molar-refractivity contribution in [3.63, 3.8) is 0 Å². The van der Waals surface area contributed by atoms with Gasteiger partial charge in [0.1, 0.15) is 0 Å². The molecule has 0 spiro atoms. The number of rotatable bonds is 7. The minimum atomic E-state index is -0.781. The lowest BCUT2D eigenvalue weighted by Gasteiger charge is -2.06. The van der Waals surface area contributed by atoms with Crippen molar-refractivity contribution in [2.45, 2.75) is 6.54 Å². The van der Waals surface area contributed by atoms with E-state index in [4.69, 9.17) is 16.3 Å². The van der Waals surface area contributed by atoms with Gasteiger partial charge in [-0.25, -0.2) is 4.79 Å². The fraction of sp³-hybridized carbons (Fsp3) is 0.111. The van der Waals surface area contributed by atoms with E-state index in [1.807, 2.05) is 0 Å². The number of benzene rings is 2. The van der Waals surface area contributed by atoms with Crippen molar-refractivity contribution in [1.29, 1.82) is 0 Å². The molecule has 1 N–H and O–H groups in total. The number of amides is 1. The van der Waals surface area contributed by atoms with Crippen LogP contribution in [0.3, 0.4) is 0 Å². The molecule has 0 aliphatic rings. The van der Waals surface area contributed by atoms with Gasteiger partial charge < -0.3 is 10.1 Å². The van der Waals surface area contributed by atoms with Gasteiger partial charge in [-0.1, -0.05) is 41.9 Å². The summed E-state index contributed by atoms with van der Waals surface area (Å²) in [6, 6.07) is 13.0. The molecule has 7 nitrogen and oxygen atoms in total. The molecule has 134 valence electrons. The Kier molecular flexibility index (Phi) is 6.87. The number of nitro groups is 1. The van der Waals surface area contributed by atoms with Crippen LogP contribution in [0.1, 0.15) is 11.1 Å². The Hall–Kier alpha value is -3.19. The van der Waals surface area contributed by atoms with Crippen molar-refractivity contribution in [2.75, 3.05) is 6.61 Å². The molecule has 2 aromatic carbocycles. The second kappa shape index (κ2) is 9.33. The zero-order valence-electron chi connectivity index (χ0n) is 13.6. The van der Waals surface area contributed by atoms with Crippen molar-refractivity contribution < 1.29 is 19.2 Å². The van der Waals surface area contributed by atoms with Gasteiger partial charge in [0.05, 0.1) is 10.5 Å². The molecule has 26 heavy (non-hydrogen) atoms. The van der Waals surface area contributed by atoms with E-state index in [9.17, 15) is 19.7 Å². The number of esters is 1. The van der Waals surface area contributed by atoms with Crippen molar-refractivity contribution in [3.05, 3.63) is 80.9 Å². The maximum absolute atomic E-state index is 11.7. The Morgan fingerprint density at radius 3 is 2.58 bits per heavy atom. The molecule has 2 rings (SSSR count). The number of halogens is 1. The fourth-order valence-electron chi connectivity index (χ4n) is 2.02. The highest BCUT2D eigenvalue weighted by Gasteiger charge is 2.10.